The quantitative estimate of drug-likeness (QED) is 0.417. The number of fused-ring (bicyclic) bond motifs is 1. The van der Waals surface area contributed by atoms with Gasteiger partial charge in [0.05, 0.1) is 29.2 Å². The van der Waals surface area contributed by atoms with Gasteiger partial charge in [-0.05, 0) is 51.2 Å². The SMILES string of the molecule is CCCCOC1CCC(NC(=O)c2cnn3c(C)cn(-c4ccccc4OCC(F)(F)F)c(=O)c23)CC1. The van der Waals surface area contributed by atoms with Crippen molar-refractivity contribution < 1.29 is 27.4 Å². The minimum atomic E-state index is -4.53. The van der Waals surface area contributed by atoms with Crippen LogP contribution in [-0.4, -0.2) is 51.6 Å². The number of para-hydroxylation sites is 2. The average Bonchev–Trinajstić information content (AvgIpc) is 3.32. The molecule has 0 spiro atoms. The van der Waals surface area contributed by atoms with Gasteiger partial charge in [-0.25, -0.2) is 4.52 Å². The summed E-state index contributed by atoms with van der Waals surface area (Å²) in [7, 11) is 0. The second kappa shape index (κ2) is 11.4. The molecule has 200 valence electrons. The summed E-state index contributed by atoms with van der Waals surface area (Å²) in [5.74, 6) is -0.518. The van der Waals surface area contributed by atoms with Crippen molar-refractivity contribution in [3.05, 3.63) is 58.3 Å². The molecule has 1 saturated carbocycles. The molecule has 1 fully saturated rings. The number of carbonyl (C=O) groups is 1. The van der Waals surface area contributed by atoms with Crippen LogP contribution in [0.5, 0.6) is 5.75 Å². The number of nitrogens with one attached hydrogen (secondary N) is 1. The number of hydrogen-bond donors (Lipinski definition) is 1. The van der Waals surface area contributed by atoms with Crippen LogP contribution in [0.15, 0.2) is 41.5 Å². The predicted molar refractivity (Wildman–Crippen MR) is 131 cm³/mol. The predicted octanol–water partition coefficient (Wildman–Crippen LogP) is 4.59. The van der Waals surface area contributed by atoms with E-state index in [1.54, 1.807) is 13.0 Å². The van der Waals surface area contributed by atoms with Crippen LogP contribution >= 0.6 is 0 Å². The van der Waals surface area contributed by atoms with Crippen molar-refractivity contribution >= 4 is 11.4 Å². The smallest absolute Gasteiger partial charge is 0.422 e. The molecule has 1 aliphatic carbocycles. The Balaban J connectivity index is 1.57. The van der Waals surface area contributed by atoms with Gasteiger partial charge in [0, 0.05) is 18.8 Å². The van der Waals surface area contributed by atoms with Crippen molar-refractivity contribution in [1.82, 2.24) is 19.5 Å². The van der Waals surface area contributed by atoms with Crippen LogP contribution in [0.2, 0.25) is 0 Å². The molecule has 0 saturated heterocycles. The van der Waals surface area contributed by atoms with Crippen molar-refractivity contribution in [3.63, 3.8) is 0 Å². The van der Waals surface area contributed by atoms with Gasteiger partial charge in [0.25, 0.3) is 11.5 Å². The Kier molecular flexibility index (Phi) is 8.21. The molecule has 0 unspecified atom stereocenters. The highest BCUT2D eigenvalue weighted by Gasteiger charge is 2.29. The first-order valence-corrected chi connectivity index (χ1v) is 12.5. The summed E-state index contributed by atoms with van der Waals surface area (Å²) < 4.78 is 51.7. The summed E-state index contributed by atoms with van der Waals surface area (Å²) in [6, 6.07) is 5.91. The second-order valence-electron chi connectivity index (χ2n) is 9.31. The topological polar surface area (TPSA) is 86.9 Å². The number of carbonyl (C=O) groups excluding carboxylic acids is 1. The lowest BCUT2D eigenvalue weighted by Crippen LogP contribution is -2.39. The summed E-state index contributed by atoms with van der Waals surface area (Å²) in [6.07, 6.45) is 3.83. The fourth-order valence-electron chi connectivity index (χ4n) is 4.55. The number of nitrogens with zero attached hydrogens (tertiary/aromatic N) is 3. The van der Waals surface area contributed by atoms with E-state index in [0.29, 0.717) is 5.69 Å². The molecule has 1 N–H and O–H groups in total. The molecular weight excluding hydrogens is 489 g/mol. The number of ether oxygens (including phenoxy) is 2. The van der Waals surface area contributed by atoms with Crippen molar-refractivity contribution in [2.24, 2.45) is 0 Å². The van der Waals surface area contributed by atoms with Gasteiger partial charge in [-0.1, -0.05) is 25.5 Å². The van der Waals surface area contributed by atoms with E-state index in [1.807, 2.05) is 0 Å². The van der Waals surface area contributed by atoms with Crippen LogP contribution in [0, 0.1) is 6.92 Å². The first-order chi connectivity index (χ1) is 17.7. The van der Waals surface area contributed by atoms with Crippen molar-refractivity contribution in [3.8, 4) is 11.4 Å². The number of halogens is 3. The monoisotopic (exact) mass is 520 g/mol. The molecule has 3 aromatic rings. The molecule has 0 radical (unpaired) electrons. The van der Waals surface area contributed by atoms with Crippen molar-refractivity contribution in [1.29, 1.82) is 0 Å². The summed E-state index contributed by atoms with van der Waals surface area (Å²) in [5.41, 5.74) is 0.210. The van der Waals surface area contributed by atoms with Crippen LogP contribution in [0.1, 0.15) is 61.5 Å². The number of benzene rings is 1. The number of amides is 1. The summed E-state index contributed by atoms with van der Waals surface area (Å²) in [5, 5.41) is 7.23. The molecule has 2 aromatic heterocycles. The maximum absolute atomic E-state index is 13.5. The van der Waals surface area contributed by atoms with Crippen LogP contribution in [0.3, 0.4) is 0 Å². The van der Waals surface area contributed by atoms with Crippen LogP contribution in [-0.2, 0) is 4.74 Å². The van der Waals surface area contributed by atoms with Crippen LogP contribution in [0.4, 0.5) is 13.2 Å². The minimum absolute atomic E-state index is 0.0414. The molecule has 11 heteroatoms. The van der Waals surface area contributed by atoms with E-state index in [2.05, 4.69) is 17.3 Å². The molecule has 0 bridgehead atoms. The Morgan fingerprint density at radius 3 is 2.62 bits per heavy atom. The normalized spacial score (nSPS) is 18.2. The maximum atomic E-state index is 13.5. The lowest BCUT2D eigenvalue weighted by molar-refractivity contribution is -0.153. The lowest BCUT2D eigenvalue weighted by Gasteiger charge is -2.29. The van der Waals surface area contributed by atoms with E-state index in [4.69, 9.17) is 9.47 Å². The Morgan fingerprint density at radius 2 is 1.92 bits per heavy atom. The summed E-state index contributed by atoms with van der Waals surface area (Å²) in [4.78, 5) is 26.7. The Hall–Kier alpha value is -3.34. The van der Waals surface area contributed by atoms with E-state index in [9.17, 15) is 22.8 Å². The van der Waals surface area contributed by atoms with E-state index in [-0.39, 0.29) is 34.7 Å². The minimum Gasteiger partial charge on any atom is -0.482 e. The van der Waals surface area contributed by atoms with Gasteiger partial charge in [0.15, 0.2) is 6.61 Å². The molecule has 4 rings (SSSR count). The van der Waals surface area contributed by atoms with E-state index in [1.165, 1.54) is 39.7 Å². The van der Waals surface area contributed by atoms with Gasteiger partial charge in [0.2, 0.25) is 0 Å². The van der Waals surface area contributed by atoms with Crippen molar-refractivity contribution in [2.75, 3.05) is 13.2 Å². The zero-order chi connectivity index (χ0) is 26.6. The lowest BCUT2D eigenvalue weighted by atomic mass is 9.92. The standard InChI is InChI=1S/C26H31F3N4O4/c1-3-4-13-36-19-11-9-18(10-12-19)31-24(34)20-14-30-33-17(2)15-32(25(35)23(20)33)21-7-5-6-8-22(21)37-16-26(27,28)29/h5-8,14-15,18-19H,3-4,9-13,16H2,1-2H3,(H,31,34). The number of aryl methyl sites for hydroxylation is 1. The third-order valence-corrected chi connectivity index (χ3v) is 6.46. The molecule has 8 nitrogen and oxygen atoms in total. The van der Waals surface area contributed by atoms with E-state index >= 15 is 0 Å². The van der Waals surface area contributed by atoms with Gasteiger partial charge in [-0.15, -0.1) is 0 Å². The Labute approximate surface area is 212 Å². The number of rotatable bonds is 9. The highest BCUT2D eigenvalue weighted by atomic mass is 19.4. The fourth-order valence-corrected chi connectivity index (χ4v) is 4.55. The van der Waals surface area contributed by atoms with Gasteiger partial charge in [-0.2, -0.15) is 18.3 Å². The second-order valence-corrected chi connectivity index (χ2v) is 9.31. The zero-order valence-electron chi connectivity index (χ0n) is 20.9. The summed E-state index contributed by atoms with van der Waals surface area (Å²) in [6.45, 7) is 3.06. The molecule has 1 aromatic carbocycles. The van der Waals surface area contributed by atoms with E-state index < -0.39 is 24.2 Å². The first kappa shape index (κ1) is 26.7. The molecule has 2 heterocycles. The molecule has 37 heavy (non-hydrogen) atoms. The van der Waals surface area contributed by atoms with E-state index in [0.717, 1.165) is 45.1 Å². The molecule has 0 aliphatic heterocycles. The third kappa shape index (κ3) is 6.33. The molecule has 1 amide bonds. The number of unbranched alkanes of at least 4 members (excludes halogenated alkanes) is 1. The van der Waals surface area contributed by atoms with Gasteiger partial charge in [-0.3, -0.25) is 14.2 Å². The Bertz CT molecular complexity index is 1290. The Morgan fingerprint density at radius 1 is 1.19 bits per heavy atom. The number of alkyl halides is 3. The molecule has 1 aliphatic rings. The van der Waals surface area contributed by atoms with Gasteiger partial charge in [0.1, 0.15) is 11.3 Å². The highest BCUT2D eigenvalue weighted by Crippen LogP contribution is 2.26. The maximum Gasteiger partial charge on any atom is 0.422 e. The number of hydrogen-bond acceptors (Lipinski definition) is 5. The van der Waals surface area contributed by atoms with Crippen molar-refractivity contribution in [2.45, 2.75) is 70.7 Å². The first-order valence-electron chi connectivity index (χ1n) is 12.5. The van der Waals surface area contributed by atoms with Crippen LogP contribution < -0.4 is 15.6 Å². The third-order valence-electron chi connectivity index (χ3n) is 6.46. The molecular formula is C26H31F3N4O4. The van der Waals surface area contributed by atoms with Gasteiger partial charge < -0.3 is 14.8 Å². The average molecular weight is 521 g/mol. The fraction of sp³-hybridized carbons (Fsp3) is 0.500. The van der Waals surface area contributed by atoms with Crippen LogP contribution in [0.25, 0.3) is 11.2 Å². The largest absolute Gasteiger partial charge is 0.482 e. The summed E-state index contributed by atoms with van der Waals surface area (Å²) >= 11 is 0. The highest BCUT2D eigenvalue weighted by molar-refractivity contribution is 6.00. The molecule has 0 atom stereocenters. The zero-order valence-corrected chi connectivity index (χ0v) is 20.9. The van der Waals surface area contributed by atoms with Gasteiger partial charge >= 0.3 is 6.18 Å². The number of aromatic nitrogens is 3.